The van der Waals surface area contributed by atoms with Gasteiger partial charge in [0, 0.05) is 17.3 Å². The molecule has 0 unspecified atom stereocenters. The van der Waals surface area contributed by atoms with Crippen molar-refractivity contribution in [1.82, 2.24) is 4.98 Å². The zero-order valence-corrected chi connectivity index (χ0v) is 16.4. The zero-order chi connectivity index (χ0) is 19.4. The van der Waals surface area contributed by atoms with E-state index in [1.54, 1.807) is 13.1 Å². The number of rotatable bonds is 3. The van der Waals surface area contributed by atoms with Crippen molar-refractivity contribution in [3.8, 4) is 17.6 Å². The number of esters is 1. The van der Waals surface area contributed by atoms with Crippen LogP contribution in [-0.4, -0.2) is 24.2 Å². The van der Waals surface area contributed by atoms with Crippen molar-refractivity contribution in [2.45, 2.75) is 46.0 Å². The van der Waals surface area contributed by atoms with Gasteiger partial charge in [0.2, 0.25) is 0 Å². The first-order valence-electron chi connectivity index (χ1n) is 9.29. The van der Waals surface area contributed by atoms with E-state index in [2.05, 4.69) is 42.8 Å². The maximum atomic E-state index is 11.5. The Balaban J connectivity index is 1.81. The molecule has 0 amide bonds. The molecule has 2 heterocycles. The quantitative estimate of drug-likeness (QED) is 0.612. The van der Waals surface area contributed by atoms with E-state index in [1.807, 2.05) is 19.1 Å². The van der Waals surface area contributed by atoms with Gasteiger partial charge in [-0.25, -0.2) is 4.98 Å². The highest BCUT2D eigenvalue weighted by molar-refractivity contribution is 5.72. The number of hydrogen-bond acceptors (Lipinski definition) is 4. The number of carbonyl (C=O) groups excluding carboxylic acids is 1. The fourth-order valence-electron chi connectivity index (χ4n) is 3.13. The van der Waals surface area contributed by atoms with Crippen LogP contribution in [0.25, 0.3) is 0 Å². The average Bonchev–Trinajstić information content (AvgIpc) is 2.61. The number of carbonyl (C=O) groups is 1. The lowest BCUT2D eigenvalue weighted by molar-refractivity contribution is -0.142. The molecule has 0 bridgehead atoms. The molecular weight excluding hydrogens is 338 g/mol. The lowest BCUT2D eigenvalue weighted by Gasteiger charge is -2.33. The Hall–Kier alpha value is -2.80. The van der Waals surface area contributed by atoms with Crippen LogP contribution in [0, 0.1) is 18.8 Å². The van der Waals surface area contributed by atoms with Gasteiger partial charge < -0.3 is 9.47 Å². The van der Waals surface area contributed by atoms with E-state index in [-0.39, 0.29) is 17.8 Å². The summed E-state index contributed by atoms with van der Waals surface area (Å²) in [6, 6.07) is 7.93. The summed E-state index contributed by atoms with van der Waals surface area (Å²) in [5.41, 5.74) is 4.88. The Morgan fingerprint density at radius 2 is 2.11 bits per heavy atom. The SMILES string of the molecule is CCOC(=O)Cc1ccc(C#Cc2cc3c(cc2C)OCCC3(C)C)nc1. The lowest BCUT2D eigenvalue weighted by Crippen LogP contribution is -2.26. The summed E-state index contributed by atoms with van der Waals surface area (Å²) in [5.74, 6) is 7.09. The molecule has 0 saturated carbocycles. The Morgan fingerprint density at radius 1 is 1.30 bits per heavy atom. The zero-order valence-electron chi connectivity index (χ0n) is 16.4. The van der Waals surface area contributed by atoms with Crippen molar-refractivity contribution in [3.63, 3.8) is 0 Å². The first kappa shape index (κ1) is 19.0. The maximum Gasteiger partial charge on any atom is 0.310 e. The molecule has 4 heteroatoms. The number of nitrogens with zero attached hydrogens (tertiary/aromatic N) is 1. The summed E-state index contributed by atoms with van der Waals surface area (Å²) in [5, 5.41) is 0. The van der Waals surface area contributed by atoms with Gasteiger partial charge in [0.25, 0.3) is 0 Å². The summed E-state index contributed by atoms with van der Waals surface area (Å²) in [7, 11) is 0. The Bertz CT molecular complexity index is 902. The summed E-state index contributed by atoms with van der Waals surface area (Å²) in [6.07, 6.45) is 2.91. The molecule has 1 aromatic carbocycles. The molecule has 0 N–H and O–H groups in total. The molecule has 0 atom stereocenters. The van der Waals surface area contributed by atoms with Crippen LogP contribution < -0.4 is 4.74 Å². The van der Waals surface area contributed by atoms with E-state index in [9.17, 15) is 4.79 Å². The number of ether oxygens (including phenoxy) is 2. The third-order valence-electron chi connectivity index (χ3n) is 4.84. The van der Waals surface area contributed by atoms with E-state index in [1.165, 1.54) is 5.56 Å². The van der Waals surface area contributed by atoms with E-state index < -0.39 is 0 Å². The molecule has 0 radical (unpaired) electrons. The topological polar surface area (TPSA) is 48.4 Å². The van der Waals surface area contributed by atoms with Gasteiger partial charge in [-0.2, -0.15) is 0 Å². The molecular formula is C23H25NO3. The highest BCUT2D eigenvalue weighted by Gasteiger charge is 2.29. The van der Waals surface area contributed by atoms with E-state index in [0.717, 1.165) is 35.5 Å². The van der Waals surface area contributed by atoms with E-state index in [4.69, 9.17) is 9.47 Å². The average molecular weight is 363 g/mol. The van der Waals surface area contributed by atoms with Crippen LogP contribution in [0.2, 0.25) is 0 Å². The predicted molar refractivity (Wildman–Crippen MR) is 105 cm³/mol. The molecule has 0 aliphatic carbocycles. The summed E-state index contributed by atoms with van der Waals surface area (Å²) in [4.78, 5) is 15.9. The van der Waals surface area contributed by atoms with Gasteiger partial charge in [0.1, 0.15) is 11.4 Å². The first-order valence-corrected chi connectivity index (χ1v) is 9.29. The lowest BCUT2D eigenvalue weighted by atomic mass is 9.78. The molecule has 0 fully saturated rings. The summed E-state index contributed by atoms with van der Waals surface area (Å²) >= 11 is 0. The van der Waals surface area contributed by atoms with Gasteiger partial charge in [-0.1, -0.05) is 25.8 Å². The highest BCUT2D eigenvalue weighted by atomic mass is 16.5. The van der Waals surface area contributed by atoms with Crippen molar-refractivity contribution >= 4 is 5.97 Å². The number of aryl methyl sites for hydroxylation is 1. The van der Waals surface area contributed by atoms with Crippen molar-refractivity contribution in [1.29, 1.82) is 0 Å². The fourth-order valence-corrected chi connectivity index (χ4v) is 3.13. The second kappa shape index (κ2) is 7.84. The van der Waals surface area contributed by atoms with Crippen LogP contribution in [0.15, 0.2) is 30.5 Å². The van der Waals surface area contributed by atoms with Gasteiger partial charge in [0.15, 0.2) is 0 Å². The minimum atomic E-state index is -0.243. The second-order valence-electron chi connectivity index (χ2n) is 7.43. The maximum absolute atomic E-state index is 11.5. The third kappa shape index (κ3) is 4.49. The van der Waals surface area contributed by atoms with Crippen LogP contribution in [-0.2, 0) is 21.4 Å². The largest absolute Gasteiger partial charge is 0.493 e. The normalized spacial score (nSPS) is 14.4. The molecule has 0 spiro atoms. The van der Waals surface area contributed by atoms with Crippen molar-refractivity contribution in [3.05, 3.63) is 58.4 Å². The molecule has 0 saturated heterocycles. The third-order valence-corrected chi connectivity index (χ3v) is 4.84. The van der Waals surface area contributed by atoms with Crippen molar-refractivity contribution < 1.29 is 14.3 Å². The van der Waals surface area contributed by atoms with Crippen LogP contribution in [0.1, 0.15) is 55.1 Å². The highest BCUT2D eigenvalue weighted by Crippen LogP contribution is 2.39. The van der Waals surface area contributed by atoms with Crippen molar-refractivity contribution in [2.24, 2.45) is 0 Å². The van der Waals surface area contributed by atoms with Gasteiger partial charge in [-0.05, 0) is 60.9 Å². The first-order chi connectivity index (χ1) is 12.9. The van der Waals surface area contributed by atoms with Gasteiger partial charge in [-0.3, -0.25) is 4.79 Å². The number of benzene rings is 1. The number of aromatic nitrogens is 1. The van der Waals surface area contributed by atoms with Crippen LogP contribution in [0.3, 0.4) is 0 Å². The number of fused-ring (bicyclic) bond motifs is 1. The standard InChI is InChI=1S/C23H25NO3/c1-5-26-22(25)13-17-6-8-19(24-15-17)9-7-18-14-20-21(12-16(18)2)27-11-10-23(20,3)4/h6,8,12,14-15H,5,10-11,13H2,1-4H3. The smallest absolute Gasteiger partial charge is 0.310 e. The molecule has 140 valence electrons. The molecule has 1 aliphatic heterocycles. The summed E-state index contributed by atoms with van der Waals surface area (Å²) in [6.45, 7) is 9.47. The summed E-state index contributed by atoms with van der Waals surface area (Å²) < 4.78 is 10.8. The molecule has 1 aliphatic rings. The molecule has 27 heavy (non-hydrogen) atoms. The number of pyridine rings is 1. The minimum absolute atomic E-state index is 0.0880. The van der Waals surface area contributed by atoms with Gasteiger partial charge in [-0.15, -0.1) is 0 Å². The fraction of sp³-hybridized carbons (Fsp3) is 0.391. The molecule has 1 aromatic heterocycles. The Labute approximate surface area is 160 Å². The van der Waals surface area contributed by atoms with E-state index >= 15 is 0 Å². The minimum Gasteiger partial charge on any atom is -0.493 e. The molecule has 3 rings (SSSR count). The predicted octanol–water partition coefficient (Wildman–Crippen LogP) is 3.96. The second-order valence-corrected chi connectivity index (χ2v) is 7.43. The van der Waals surface area contributed by atoms with Gasteiger partial charge in [0.05, 0.1) is 19.6 Å². The van der Waals surface area contributed by atoms with Crippen molar-refractivity contribution in [2.75, 3.05) is 13.2 Å². The van der Waals surface area contributed by atoms with Crippen LogP contribution in [0.5, 0.6) is 5.75 Å². The van der Waals surface area contributed by atoms with E-state index in [0.29, 0.717) is 12.3 Å². The number of hydrogen-bond donors (Lipinski definition) is 0. The van der Waals surface area contributed by atoms with Crippen LogP contribution >= 0.6 is 0 Å². The van der Waals surface area contributed by atoms with Gasteiger partial charge >= 0.3 is 5.97 Å². The monoisotopic (exact) mass is 363 g/mol. The molecule has 2 aromatic rings. The Morgan fingerprint density at radius 3 is 2.81 bits per heavy atom. The van der Waals surface area contributed by atoms with Crippen LogP contribution in [0.4, 0.5) is 0 Å². The molecule has 4 nitrogen and oxygen atoms in total. The Kier molecular flexibility index (Phi) is 5.51.